The monoisotopic (exact) mass is 225 g/mol. The molecule has 0 aliphatic heterocycles. The molecule has 2 unspecified atom stereocenters. The second-order valence-electron chi connectivity index (χ2n) is 4.05. The van der Waals surface area contributed by atoms with Crippen molar-refractivity contribution in [1.29, 1.82) is 0 Å². The summed E-state index contributed by atoms with van der Waals surface area (Å²) in [6, 6.07) is 2.27. The summed E-state index contributed by atoms with van der Waals surface area (Å²) in [7, 11) is 0. The molecule has 84 valence electrons. The average molecular weight is 225 g/mol. The Labute approximate surface area is 95.7 Å². The molecule has 3 heteroatoms. The van der Waals surface area contributed by atoms with Gasteiger partial charge < -0.3 is 5.32 Å². The molecule has 1 aromatic rings. The Morgan fingerprint density at radius 3 is 2.67 bits per heavy atom. The van der Waals surface area contributed by atoms with Crippen LogP contribution in [0.1, 0.15) is 42.4 Å². The summed E-state index contributed by atoms with van der Waals surface area (Å²) >= 11 is 1.53. The number of carbonyl (C=O) groups excluding carboxylic acids is 1. The Morgan fingerprint density at radius 2 is 2.20 bits per heavy atom. The quantitative estimate of drug-likeness (QED) is 0.780. The van der Waals surface area contributed by atoms with E-state index in [-0.39, 0.29) is 11.8 Å². The van der Waals surface area contributed by atoms with Crippen molar-refractivity contribution in [3.63, 3.8) is 0 Å². The van der Waals surface area contributed by atoms with E-state index in [4.69, 9.17) is 0 Å². The zero-order chi connectivity index (χ0) is 11.4. The van der Waals surface area contributed by atoms with Crippen LogP contribution < -0.4 is 5.32 Å². The summed E-state index contributed by atoms with van der Waals surface area (Å²) in [6.45, 7) is 8.16. The minimum Gasteiger partial charge on any atom is -0.305 e. The van der Waals surface area contributed by atoms with E-state index in [0.29, 0.717) is 6.04 Å². The van der Waals surface area contributed by atoms with Crippen LogP contribution in [0.3, 0.4) is 0 Å². The number of hydrogen-bond donors (Lipinski definition) is 1. The van der Waals surface area contributed by atoms with Crippen LogP contribution in [0.4, 0.5) is 0 Å². The van der Waals surface area contributed by atoms with E-state index in [9.17, 15) is 4.79 Å². The van der Waals surface area contributed by atoms with Gasteiger partial charge in [0.1, 0.15) is 0 Å². The van der Waals surface area contributed by atoms with Crippen LogP contribution in [-0.4, -0.2) is 17.9 Å². The SMILES string of the molecule is CCC(C)NC(C)C(=O)c1cc(C)cs1. The fourth-order valence-electron chi connectivity index (χ4n) is 1.39. The van der Waals surface area contributed by atoms with Crippen molar-refractivity contribution in [2.24, 2.45) is 0 Å². The number of carbonyl (C=O) groups is 1. The predicted molar refractivity (Wildman–Crippen MR) is 65.7 cm³/mol. The molecule has 15 heavy (non-hydrogen) atoms. The molecule has 0 radical (unpaired) electrons. The van der Waals surface area contributed by atoms with Gasteiger partial charge in [0.2, 0.25) is 0 Å². The van der Waals surface area contributed by atoms with E-state index in [2.05, 4.69) is 19.2 Å². The van der Waals surface area contributed by atoms with E-state index < -0.39 is 0 Å². The van der Waals surface area contributed by atoms with E-state index in [1.165, 1.54) is 16.9 Å². The third kappa shape index (κ3) is 3.43. The van der Waals surface area contributed by atoms with E-state index in [0.717, 1.165) is 11.3 Å². The Morgan fingerprint density at radius 1 is 1.53 bits per heavy atom. The average Bonchev–Trinajstić information content (AvgIpc) is 2.63. The van der Waals surface area contributed by atoms with Crippen molar-refractivity contribution in [3.05, 3.63) is 21.9 Å². The van der Waals surface area contributed by atoms with Crippen LogP contribution in [0.5, 0.6) is 0 Å². The lowest BCUT2D eigenvalue weighted by molar-refractivity contribution is 0.0949. The first kappa shape index (κ1) is 12.4. The molecule has 0 saturated heterocycles. The second kappa shape index (κ2) is 5.42. The highest BCUT2D eigenvalue weighted by molar-refractivity contribution is 7.12. The highest BCUT2D eigenvalue weighted by Crippen LogP contribution is 2.15. The van der Waals surface area contributed by atoms with E-state index in [1.807, 2.05) is 25.3 Å². The Balaban J connectivity index is 2.60. The molecular formula is C12H19NOS. The van der Waals surface area contributed by atoms with Gasteiger partial charge in [-0.15, -0.1) is 11.3 Å². The van der Waals surface area contributed by atoms with Gasteiger partial charge in [0.05, 0.1) is 10.9 Å². The summed E-state index contributed by atoms with van der Waals surface area (Å²) in [4.78, 5) is 12.8. The lowest BCUT2D eigenvalue weighted by atomic mass is 10.1. The highest BCUT2D eigenvalue weighted by Gasteiger charge is 2.17. The Kier molecular flexibility index (Phi) is 4.48. The standard InChI is InChI=1S/C12H19NOS/c1-5-9(3)13-10(4)12(14)11-6-8(2)7-15-11/h6-7,9-10,13H,5H2,1-4H3. The van der Waals surface area contributed by atoms with Crippen LogP contribution in [-0.2, 0) is 0 Å². The first-order valence-electron chi connectivity index (χ1n) is 5.40. The van der Waals surface area contributed by atoms with Gasteiger partial charge >= 0.3 is 0 Å². The van der Waals surface area contributed by atoms with Gasteiger partial charge in [0.15, 0.2) is 5.78 Å². The van der Waals surface area contributed by atoms with E-state index in [1.54, 1.807) is 0 Å². The van der Waals surface area contributed by atoms with Gasteiger partial charge in [-0.1, -0.05) is 6.92 Å². The van der Waals surface area contributed by atoms with Gasteiger partial charge in [-0.05, 0) is 44.2 Å². The zero-order valence-corrected chi connectivity index (χ0v) is 10.6. The molecule has 2 atom stereocenters. The number of aryl methyl sites for hydroxylation is 1. The zero-order valence-electron chi connectivity index (χ0n) is 9.83. The molecule has 0 fully saturated rings. The maximum Gasteiger partial charge on any atom is 0.189 e. The fraction of sp³-hybridized carbons (Fsp3) is 0.583. The summed E-state index contributed by atoms with van der Waals surface area (Å²) in [6.07, 6.45) is 1.04. The molecule has 1 rings (SSSR count). The third-order valence-corrected chi connectivity index (χ3v) is 3.58. The molecule has 1 aromatic heterocycles. The minimum atomic E-state index is -0.0852. The molecule has 0 spiro atoms. The minimum absolute atomic E-state index is 0.0852. The van der Waals surface area contributed by atoms with E-state index >= 15 is 0 Å². The lowest BCUT2D eigenvalue weighted by Gasteiger charge is -2.16. The van der Waals surface area contributed by atoms with Crippen molar-refractivity contribution in [2.45, 2.75) is 46.2 Å². The molecule has 0 amide bonds. The predicted octanol–water partition coefficient (Wildman–Crippen LogP) is 3.02. The van der Waals surface area contributed by atoms with Gasteiger partial charge in [0.25, 0.3) is 0 Å². The maximum absolute atomic E-state index is 12.0. The van der Waals surface area contributed by atoms with Crippen LogP contribution in [0.15, 0.2) is 11.4 Å². The number of nitrogens with one attached hydrogen (secondary N) is 1. The molecule has 2 nitrogen and oxygen atoms in total. The number of thiophene rings is 1. The topological polar surface area (TPSA) is 29.1 Å². The van der Waals surface area contributed by atoms with Gasteiger partial charge in [-0.25, -0.2) is 0 Å². The smallest absolute Gasteiger partial charge is 0.189 e. The van der Waals surface area contributed by atoms with Crippen molar-refractivity contribution in [2.75, 3.05) is 0 Å². The van der Waals surface area contributed by atoms with Crippen LogP contribution in [0, 0.1) is 6.92 Å². The summed E-state index contributed by atoms with van der Waals surface area (Å²) in [5.74, 6) is 0.202. The van der Waals surface area contributed by atoms with Gasteiger partial charge in [-0.3, -0.25) is 4.79 Å². The van der Waals surface area contributed by atoms with Crippen LogP contribution in [0.25, 0.3) is 0 Å². The molecule has 0 bridgehead atoms. The Hall–Kier alpha value is -0.670. The van der Waals surface area contributed by atoms with Crippen molar-refractivity contribution >= 4 is 17.1 Å². The second-order valence-corrected chi connectivity index (χ2v) is 4.96. The molecule has 0 aliphatic carbocycles. The number of rotatable bonds is 5. The van der Waals surface area contributed by atoms with Crippen molar-refractivity contribution in [3.8, 4) is 0 Å². The number of ketones is 1. The first-order valence-corrected chi connectivity index (χ1v) is 6.28. The van der Waals surface area contributed by atoms with Gasteiger partial charge in [-0.2, -0.15) is 0 Å². The number of hydrogen-bond acceptors (Lipinski definition) is 3. The molecule has 1 N–H and O–H groups in total. The summed E-state index contributed by atoms with van der Waals surface area (Å²) in [5, 5.41) is 5.31. The maximum atomic E-state index is 12.0. The summed E-state index contributed by atoms with van der Waals surface area (Å²) < 4.78 is 0. The molecule has 0 aliphatic rings. The van der Waals surface area contributed by atoms with Crippen molar-refractivity contribution in [1.82, 2.24) is 5.32 Å². The van der Waals surface area contributed by atoms with Gasteiger partial charge in [0, 0.05) is 6.04 Å². The molecular weight excluding hydrogens is 206 g/mol. The molecule has 0 saturated carbocycles. The number of Topliss-reactive ketones (excluding diaryl/α,β-unsaturated/α-hetero) is 1. The highest BCUT2D eigenvalue weighted by atomic mass is 32.1. The lowest BCUT2D eigenvalue weighted by Crippen LogP contribution is -2.39. The summed E-state index contributed by atoms with van der Waals surface area (Å²) in [5.41, 5.74) is 1.17. The first-order chi connectivity index (χ1) is 7.04. The van der Waals surface area contributed by atoms with Crippen LogP contribution >= 0.6 is 11.3 Å². The molecule has 0 aromatic carbocycles. The fourth-order valence-corrected chi connectivity index (χ4v) is 2.32. The van der Waals surface area contributed by atoms with Crippen molar-refractivity contribution < 1.29 is 4.79 Å². The van der Waals surface area contributed by atoms with Crippen LogP contribution in [0.2, 0.25) is 0 Å². The Bertz CT molecular complexity index is 332. The largest absolute Gasteiger partial charge is 0.305 e. The third-order valence-electron chi connectivity index (χ3n) is 2.51. The normalized spacial score (nSPS) is 14.9. The molecule has 1 heterocycles.